The van der Waals surface area contributed by atoms with Crippen LogP contribution in [-0.2, 0) is 9.53 Å². The molecule has 1 aliphatic heterocycles. The predicted octanol–water partition coefficient (Wildman–Crippen LogP) is 3.49. The van der Waals surface area contributed by atoms with Gasteiger partial charge in [0.05, 0.1) is 18.6 Å². The van der Waals surface area contributed by atoms with E-state index in [0.29, 0.717) is 23.6 Å². The highest BCUT2D eigenvalue weighted by Gasteiger charge is 2.29. The van der Waals surface area contributed by atoms with E-state index in [-0.39, 0.29) is 17.8 Å². The molecule has 1 aliphatic rings. The first-order chi connectivity index (χ1) is 12.6. The smallest absolute Gasteiger partial charge is 0.310 e. The van der Waals surface area contributed by atoms with Crippen LogP contribution >= 0.6 is 15.9 Å². The number of nitrogens with one attached hydrogen (secondary N) is 1. The average Bonchev–Trinajstić information content (AvgIpc) is 2.69. The number of halogens is 1. The van der Waals surface area contributed by atoms with Crippen molar-refractivity contribution >= 4 is 39.3 Å². The Morgan fingerprint density at radius 1 is 1.27 bits per heavy atom. The third-order valence-corrected chi connectivity index (χ3v) is 4.92. The molecule has 1 aromatic heterocycles. The van der Waals surface area contributed by atoms with Crippen LogP contribution in [0.15, 0.2) is 47.1 Å². The van der Waals surface area contributed by atoms with E-state index < -0.39 is 0 Å². The molecule has 0 saturated carbocycles. The zero-order valence-corrected chi connectivity index (χ0v) is 16.0. The molecule has 0 bridgehead atoms. The molecule has 0 aliphatic carbocycles. The van der Waals surface area contributed by atoms with Gasteiger partial charge in [-0.1, -0.05) is 15.9 Å². The lowest BCUT2D eigenvalue weighted by atomic mass is 9.98. The number of nitrogens with zero attached hydrogens (tertiary/aromatic N) is 2. The number of ether oxygens (including phenoxy) is 1. The van der Waals surface area contributed by atoms with Crippen LogP contribution in [0.2, 0.25) is 0 Å². The van der Waals surface area contributed by atoms with E-state index in [4.69, 9.17) is 4.74 Å². The molecule has 6 nitrogen and oxygen atoms in total. The van der Waals surface area contributed by atoms with Crippen molar-refractivity contribution in [1.82, 2.24) is 4.98 Å². The summed E-state index contributed by atoms with van der Waals surface area (Å²) in [7, 11) is 1.40. The van der Waals surface area contributed by atoms with E-state index in [9.17, 15) is 9.59 Å². The fourth-order valence-corrected chi connectivity index (χ4v) is 3.35. The van der Waals surface area contributed by atoms with Crippen LogP contribution in [0.25, 0.3) is 0 Å². The lowest BCUT2D eigenvalue weighted by Gasteiger charge is -2.33. The van der Waals surface area contributed by atoms with Crippen LogP contribution in [0.1, 0.15) is 23.2 Å². The number of methoxy groups -OCH3 is 1. The Morgan fingerprint density at radius 3 is 2.77 bits per heavy atom. The zero-order chi connectivity index (χ0) is 18.5. The third kappa shape index (κ3) is 4.22. The molecular formula is C19H20BrN3O3. The van der Waals surface area contributed by atoms with E-state index in [1.807, 2.05) is 29.2 Å². The summed E-state index contributed by atoms with van der Waals surface area (Å²) in [4.78, 5) is 31.0. The molecule has 0 spiro atoms. The number of piperidine rings is 1. The Labute approximate surface area is 160 Å². The Kier molecular flexibility index (Phi) is 5.88. The molecule has 0 unspecified atom stereocenters. The maximum Gasteiger partial charge on any atom is 0.310 e. The molecule has 3 rings (SSSR count). The van der Waals surface area contributed by atoms with Gasteiger partial charge in [-0.2, -0.15) is 0 Å². The quantitative estimate of drug-likeness (QED) is 0.770. The van der Waals surface area contributed by atoms with Crippen LogP contribution in [0.5, 0.6) is 0 Å². The fourth-order valence-electron chi connectivity index (χ4n) is 3.09. The molecule has 2 heterocycles. The van der Waals surface area contributed by atoms with Crippen molar-refractivity contribution in [2.24, 2.45) is 5.92 Å². The van der Waals surface area contributed by atoms with Gasteiger partial charge in [0, 0.05) is 29.4 Å². The number of amides is 1. The first-order valence-corrected chi connectivity index (χ1v) is 9.22. The maximum absolute atomic E-state index is 12.8. The van der Waals surface area contributed by atoms with Gasteiger partial charge in [0.15, 0.2) is 0 Å². The van der Waals surface area contributed by atoms with Crippen LogP contribution in [0.3, 0.4) is 0 Å². The Hall–Kier alpha value is -2.41. The second kappa shape index (κ2) is 8.31. The van der Waals surface area contributed by atoms with E-state index in [2.05, 4.69) is 26.2 Å². The standard InChI is InChI=1S/C19H20BrN3O3/c1-26-19(25)13-4-3-11-23(12-13)17-16(5-2-10-21-17)18(24)22-15-8-6-14(20)7-9-15/h2,5-10,13H,3-4,11-12H2,1H3,(H,22,24)/t13-/m0/s1. The molecule has 26 heavy (non-hydrogen) atoms. The van der Waals surface area contributed by atoms with Crippen molar-refractivity contribution in [3.8, 4) is 0 Å². The number of carbonyl (C=O) groups excluding carboxylic acids is 2. The number of hydrogen-bond acceptors (Lipinski definition) is 5. The van der Waals surface area contributed by atoms with Crippen molar-refractivity contribution in [3.05, 3.63) is 52.6 Å². The van der Waals surface area contributed by atoms with Crippen molar-refractivity contribution < 1.29 is 14.3 Å². The third-order valence-electron chi connectivity index (χ3n) is 4.39. The van der Waals surface area contributed by atoms with Gasteiger partial charge >= 0.3 is 5.97 Å². The number of pyridine rings is 1. The highest BCUT2D eigenvalue weighted by atomic mass is 79.9. The first kappa shape index (κ1) is 18.4. The van der Waals surface area contributed by atoms with Gasteiger partial charge in [-0.3, -0.25) is 9.59 Å². The summed E-state index contributed by atoms with van der Waals surface area (Å²) in [6, 6.07) is 10.9. The minimum atomic E-state index is -0.226. The summed E-state index contributed by atoms with van der Waals surface area (Å²) in [6.45, 7) is 1.26. The molecule has 136 valence electrons. The summed E-state index contributed by atoms with van der Waals surface area (Å²) < 4.78 is 5.82. The summed E-state index contributed by atoms with van der Waals surface area (Å²) >= 11 is 3.38. The van der Waals surface area contributed by atoms with Crippen molar-refractivity contribution in [3.63, 3.8) is 0 Å². The van der Waals surface area contributed by atoms with Crippen molar-refractivity contribution in [2.75, 3.05) is 30.4 Å². The second-order valence-corrected chi connectivity index (χ2v) is 7.06. The van der Waals surface area contributed by atoms with Gasteiger partial charge in [0.1, 0.15) is 5.82 Å². The van der Waals surface area contributed by atoms with Gasteiger partial charge in [-0.15, -0.1) is 0 Å². The molecule has 2 aromatic rings. The van der Waals surface area contributed by atoms with E-state index >= 15 is 0 Å². The fraction of sp³-hybridized carbons (Fsp3) is 0.316. The van der Waals surface area contributed by atoms with Gasteiger partial charge < -0.3 is 15.0 Å². The highest BCUT2D eigenvalue weighted by Crippen LogP contribution is 2.26. The minimum Gasteiger partial charge on any atom is -0.469 e. The SMILES string of the molecule is COC(=O)[C@H]1CCCN(c2ncccc2C(=O)Nc2ccc(Br)cc2)C1. The molecule has 7 heteroatoms. The topological polar surface area (TPSA) is 71.5 Å². The number of benzene rings is 1. The normalized spacial score (nSPS) is 16.8. The summed E-state index contributed by atoms with van der Waals surface area (Å²) in [6.07, 6.45) is 3.30. The van der Waals surface area contributed by atoms with Gasteiger partial charge in [-0.05, 0) is 49.2 Å². The number of anilines is 2. The molecule has 1 N–H and O–H groups in total. The average molecular weight is 418 g/mol. The largest absolute Gasteiger partial charge is 0.469 e. The van der Waals surface area contributed by atoms with Gasteiger partial charge in [0.25, 0.3) is 5.91 Å². The predicted molar refractivity (Wildman–Crippen MR) is 103 cm³/mol. The molecule has 1 atom stereocenters. The highest BCUT2D eigenvalue weighted by molar-refractivity contribution is 9.10. The van der Waals surface area contributed by atoms with Crippen LogP contribution < -0.4 is 10.2 Å². The molecule has 1 amide bonds. The molecular weight excluding hydrogens is 398 g/mol. The molecule has 1 aromatic carbocycles. The number of carbonyl (C=O) groups is 2. The van der Waals surface area contributed by atoms with Crippen LogP contribution in [0, 0.1) is 5.92 Å². The Balaban J connectivity index is 1.80. The Morgan fingerprint density at radius 2 is 2.04 bits per heavy atom. The number of esters is 1. The maximum atomic E-state index is 12.8. The second-order valence-electron chi connectivity index (χ2n) is 6.14. The van der Waals surface area contributed by atoms with Crippen molar-refractivity contribution in [2.45, 2.75) is 12.8 Å². The van der Waals surface area contributed by atoms with E-state index in [1.54, 1.807) is 18.3 Å². The summed E-state index contributed by atoms with van der Waals surface area (Å²) in [5.74, 6) is -0.0454. The van der Waals surface area contributed by atoms with Gasteiger partial charge in [-0.25, -0.2) is 4.98 Å². The lowest BCUT2D eigenvalue weighted by molar-refractivity contribution is -0.145. The summed E-state index contributed by atoms with van der Waals surface area (Å²) in [5.41, 5.74) is 1.19. The van der Waals surface area contributed by atoms with E-state index in [1.165, 1.54) is 7.11 Å². The van der Waals surface area contributed by atoms with Crippen LogP contribution in [0.4, 0.5) is 11.5 Å². The minimum absolute atomic E-state index is 0.196. The monoisotopic (exact) mass is 417 g/mol. The van der Waals surface area contributed by atoms with Gasteiger partial charge in [0.2, 0.25) is 0 Å². The van der Waals surface area contributed by atoms with E-state index in [0.717, 1.165) is 23.9 Å². The molecule has 0 radical (unpaired) electrons. The van der Waals surface area contributed by atoms with Crippen LogP contribution in [-0.4, -0.2) is 37.1 Å². The number of aromatic nitrogens is 1. The lowest BCUT2D eigenvalue weighted by Crippen LogP contribution is -2.40. The molecule has 1 fully saturated rings. The molecule has 1 saturated heterocycles. The Bertz CT molecular complexity index is 795. The first-order valence-electron chi connectivity index (χ1n) is 8.43. The summed E-state index contributed by atoms with van der Waals surface area (Å²) in [5, 5.41) is 2.89. The number of rotatable bonds is 4. The van der Waals surface area contributed by atoms with Crippen molar-refractivity contribution in [1.29, 1.82) is 0 Å². The zero-order valence-electron chi connectivity index (χ0n) is 14.4. The number of hydrogen-bond donors (Lipinski definition) is 1.